The van der Waals surface area contributed by atoms with Crippen LogP contribution in [0.1, 0.15) is 133 Å². The van der Waals surface area contributed by atoms with Crippen molar-refractivity contribution >= 4 is 23.6 Å². The van der Waals surface area contributed by atoms with Crippen LogP contribution in [0.2, 0.25) is 0 Å². The zero-order valence-corrected chi connectivity index (χ0v) is 30.9. The molecule has 2 heterocycles. The third-order valence-corrected chi connectivity index (χ3v) is 9.79. The summed E-state index contributed by atoms with van der Waals surface area (Å²) in [5, 5.41) is 6.21. The minimum Gasteiger partial charge on any atom is -0.354 e. The second-order valence-electron chi connectivity index (χ2n) is 15.4. The summed E-state index contributed by atoms with van der Waals surface area (Å²) in [6.07, 6.45) is 13.2. The molecule has 264 valence electrons. The lowest BCUT2D eigenvalue weighted by Crippen LogP contribution is -2.60. The lowest BCUT2D eigenvalue weighted by Gasteiger charge is -2.41. The van der Waals surface area contributed by atoms with E-state index in [1.165, 1.54) is 25.7 Å². The lowest BCUT2D eigenvalue weighted by atomic mass is 9.84. The average Bonchev–Trinajstić information content (AvgIpc) is 3.50. The van der Waals surface area contributed by atoms with Gasteiger partial charge in [-0.15, -0.1) is 0 Å². The van der Waals surface area contributed by atoms with Crippen LogP contribution in [0.15, 0.2) is 11.6 Å². The second-order valence-corrected chi connectivity index (χ2v) is 15.4. The van der Waals surface area contributed by atoms with Gasteiger partial charge >= 0.3 is 0 Å². The molecule has 46 heavy (non-hydrogen) atoms. The third kappa shape index (κ3) is 11.4. The van der Waals surface area contributed by atoms with E-state index in [1.807, 2.05) is 40.7 Å². The maximum atomic E-state index is 14.1. The first-order valence-electron chi connectivity index (χ1n) is 18.2. The van der Waals surface area contributed by atoms with E-state index in [-0.39, 0.29) is 47.7 Å². The van der Waals surface area contributed by atoms with Crippen molar-refractivity contribution in [2.45, 2.75) is 163 Å². The largest absolute Gasteiger partial charge is 0.354 e. The Labute approximate surface area is 280 Å². The number of carbonyl (C=O) groups excluding carboxylic acids is 4. The van der Waals surface area contributed by atoms with Gasteiger partial charge in [-0.25, -0.2) is 0 Å². The zero-order chi connectivity index (χ0) is 34.6. The first kappa shape index (κ1) is 39.8. The summed E-state index contributed by atoms with van der Waals surface area (Å²) in [6, 6.07) is -1.53. The van der Waals surface area contributed by atoms with Gasteiger partial charge in [-0.05, 0) is 70.8 Å². The van der Waals surface area contributed by atoms with Gasteiger partial charge in [0.25, 0.3) is 0 Å². The number of nitrogens with one attached hydrogen (secondary N) is 2. The Bertz CT molecular complexity index is 1030. The number of amides is 4. The maximum absolute atomic E-state index is 14.1. The molecule has 2 rings (SSSR count). The van der Waals surface area contributed by atoms with Crippen molar-refractivity contribution in [2.75, 3.05) is 26.7 Å². The van der Waals surface area contributed by atoms with Gasteiger partial charge in [0.15, 0.2) is 0 Å². The summed E-state index contributed by atoms with van der Waals surface area (Å²) in [4.78, 5) is 60.1. The van der Waals surface area contributed by atoms with Crippen molar-refractivity contribution in [3.05, 3.63) is 11.6 Å². The molecule has 0 radical (unpaired) electrons. The zero-order valence-electron chi connectivity index (χ0n) is 30.9. The Kier molecular flexibility index (Phi) is 16.2. The molecule has 2 aliphatic rings. The van der Waals surface area contributed by atoms with Crippen LogP contribution >= 0.6 is 0 Å². The minimum absolute atomic E-state index is 0.0257. The normalized spacial score (nSPS) is 21.0. The van der Waals surface area contributed by atoms with Gasteiger partial charge in [0.05, 0.1) is 12.1 Å². The van der Waals surface area contributed by atoms with Gasteiger partial charge in [-0.1, -0.05) is 86.1 Å². The van der Waals surface area contributed by atoms with E-state index < -0.39 is 17.5 Å². The van der Waals surface area contributed by atoms with Crippen molar-refractivity contribution < 1.29 is 19.2 Å². The van der Waals surface area contributed by atoms with E-state index in [2.05, 4.69) is 36.3 Å². The number of hydrogen-bond acceptors (Lipinski definition) is 5. The van der Waals surface area contributed by atoms with E-state index in [4.69, 9.17) is 0 Å². The first-order valence-corrected chi connectivity index (χ1v) is 18.2. The summed E-state index contributed by atoms with van der Waals surface area (Å²) in [5.41, 5.74) is 0.0141. The molecular weight excluding hydrogens is 578 g/mol. The van der Waals surface area contributed by atoms with Crippen LogP contribution < -0.4 is 10.6 Å². The number of rotatable bonds is 16. The van der Waals surface area contributed by atoms with Crippen molar-refractivity contribution in [3.8, 4) is 0 Å². The Morgan fingerprint density at radius 2 is 1.50 bits per heavy atom. The van der Waals surface area contributed by atoms with Crippen molar-refractivity contribution in [3.63, 3.8) is 0 Å². The highest BCUT2D eigenvalue weighted by Crippen LogP contribution is 2.27. The molecule has 2 N–H and O–H groups in total. The van der Waals surface area contributed by atoms with E-state index in [9.17, 15) is 19.2 Å². The SMILES string of the molecule is CCCCCCCCNC(=O)[C@@H]1CCCN1C(=O)C(C)=C[C@H](C(C)C)N(C)C(=O)[C@@H](NC(=O)[C@H]1CCCCN1C(C)C)C(C)(C)C. The van der Waals surface area contributed by atoms with Gasteiger partial charge in [-0.2, -0.15) is 0 Å². The summed E-state index contributed by atoms with van der Waals surface area (Å²) < 4.78 is 0. The summed E-state index contributed by atoms with van der Waals surface area (Å²) in [6.45, 7) is 20.3. The first-order chi connectivity index (χ1) is 21.6. The van der Waals surface area contributed by atoms with E-state index in [0.717, 1.165) is 45.1 Å². The number of likely N-dealkylation sites (tertiary alicyclic amines) is 2. The molecule has 4 atom stereocenters. The highest BCUT2D eigenvalue weighted by Gasteiger charge is 2.40. The molecule has 0 saturated carbocycles. The number of piperidine rings is 1. The Morgan fingerprint density at radius 3 is 2.11 bits per heavy atom. The van der Waals surface area contributed by atoms with Crippen molar-refractivity contribution in [1.82, 2.24) is 25.3 Å². The summed E-state index contributed by atoms with van der Waals surface area (Å²) >= 11 is 0. The second kappa shape index (κ2) is 18.8. The van der Waals surface area contributed by atoms with Crippen LogP contribution in [-0.4, -0.2) is 95.2 Å². The van der Waals surface area contributed by atoms with Crippen LogP contribution in [0.25, 0.3) is 0 Å². The maximum Gasteiger partial charge on any atom is 0.249 e. The Balaban J connectivity index is 2.13. The molecule has 2 fully saturated rings. The molecule has 0 aromatic rings. The van der Waals surface area contributed by atoms with Gasteiger partial charge in [0.2, 0.25) is 23.6 Å². The standard InChI is InChI=1S/C37H67N5O4/c1-11-12-13-14-15-17-22-38-33(43)29-21-19-24-42(29)35(45)28(6)25-31(26(2)3)40(10)36(46)32(37(7,8)9)39-34(44)30-20-16-18-23-41(30)27(4)5/h25-27,29-32H,11-24H2,1-10H3,(H,38,43)(H,39,44)/t29-,30+,31+,32+/m0/s1. The highest BCUT2D eigenvalue weighted by molar-refractivity contribution is 5.97. The molecule has 0 aromatic carbocycles. The molecule has 2 aliphatic heterocycles. The van der Waals surface area contributed by atoms with Crippen LogP contribution in [0, 0.1) is 11.3 Å². The molecule has 4 amide bonds. The summed E-state index contributed by atoms with van der Waals surface area (Å²) in [7, 11) is 1.77. The van der Waals surface area contributed by atoms with Gasteiger partial charge in [-0.3, -0.25) is 24.1 Å². The van der Waals surface area contributed by atoms with E-state index in [0.29, 0.717) is 25.1 Å². The number of carbonyl (C=O) groups is 4. The molecule has 0 spiro atoms. The molecule has 0 aliphatic carbocycles. The van der Waals surface area contributed by atoms with E-state index >= 15 is 0 Å². The molecule has 0 unspecified atom stereocenters. The average molecular weight is 646 g/mol. The molecule has 0 aromatic heterocycles. The fourth-order valence-electron chi connectivity index (χ4n) is 6.91. The predicted molar refractivity (Wildman–Crippen MR) is 187 cm³/mol. The van der Waals surface area contributed by atoms with Gasteiger partial charge < -0.3 is 20.4 Å². The fourth-order valence-corrected chi connectivity index (χ4v) is 6.91. The quantitative estimate of drug-likeness (QED) is 0.166. The monoisotopic (exact) mass is 646 g/mol. The minimum atomic E-state index is -0.718. The molecule has 9 nitrogen and oxygen atoms in total. The molecular formula is C37H67N5O4. The van der Waals surface area contributed by atoms with E-state index in [1.54, 1.807) is 23.8 Å². The Hall–Kier alpha value is -2.42. The van der Waals surface area contributed by atoms with Crippen LogP contribution in [0.4, 0.5) is 0 Å². The Morgan fingerprint density at radius 1 is 0.870 bits per heavy atom. The topological polar surface area (TPSA) is 102 Å². The number of likely N-dealkylation sites (N-methyl/N-ethyl adjacent to an activating group) is 1. The van der Waals surface area contributed by atoms with Crippen LogP contribution in [0.3, 0.4) is 0 Å². The number of unbranched alkanes of at least 4 members (excludes halogenated alkanes) is 5. The fraction of sp³-hybridized carbons (Fsp3) is 0.838. The lowest BCUT2D eigenvalue weighted by molar-refractivity contribution is -0.142. The molecule has 2 saturated heterocycles. The van der Waals surface area contributed by atoms with Gasteiger partial charge in [0, 0.05) is 31.8 Å². The highest BCUT2D eigenvalue weighted by atomic mass is 16.2. The smallest absolute Gasteiger partial charge is 0.249 e. The van der Waals surface area contributed by atoms with Crippen molar-refractivity contribution in [2.24, 2.45) is 11.3 Å². The summed E-state index contributed by atoms with van der Waals surface area (Å²) in [5.74, 6) is -0.463. The number of hydrogen-bond donors (Lipinski definition) is 2. The predicted octanol–water partition coefficient (Wildman–Crippen LogP) is 5.68. The van der Waals surface area contributed by atoms with Crippen LogP contribution in [-0.2, 0) is 19.2 Å². The third-order valence-electron chi connectivity index (χ3n) is 9.79. The van der Waals surface area contributed by atoms with Crippen molar-refractivity contribution in [1.29, 1.82) is 0 Å². The molecule has 0 bridgehead atoms. The molecule has 9 heteroatoms. The van der Waals surface area contributed by atoms with Crippen LogP contribution in [0.5, 0.6) is 0 Å². The van der Waals surface area contributed by atoms with Gasteiger partial charge in [0.1, 0.15) is 12.1 Å². The number of nitrogens with zero attached hydrogens (tertiary/aromatic N) is 3.